The van der Waals surface area contributed by atoms with Crippen molar-refractivity contribution in [3.8, 4) is 0 Å². The second kappa shape index (κ2) is 5.05. The van der Waals surface area contributed by atoms with Gasteiger partial charge in [-0.2, -0.15) is 5.10 Å². The highest BCUT2D eigenvalue weighted by Crippen LogP contribution is 2.20. The van der Waals surface area contributed by atoms with Crippen LogP contribution in [0.4, 0.5) is 0 Å². The summed E-state index contributed by atoms with van der Waals surface area (Å²) in [5.74, 6) is 0.882. The SMILES string of the molecule is CC(C)n1ncnc1Cn1cc(CO)c2cccnc21. The molecular formula is C14H17N5O. The van der Waals surface area contributed by atoms with Crippen LogP contribution in [0.1, 0.15) is 31.3 Å². The van der Waals surface area contributed by atoms with Gasteiger partial charge in [-0.15, -0.1) is 0 Å². The van der Waals surface area contributed by atoms with Crippen molar-refractivity contribution in [1.29, 1.82) is 0 Å². The smallest absolute Gasteiger partial charge is 0.147 e. The van der Waals surface area contributed by atoms with E-state index in [1.54, 1.807) is 12.5 Å². The minimum atomic E-state index is 0.00602. The number of aliphatic hydroxyl groups excluding tert-OH is 1. The van der Waals surface area contributed by atoms with Crippen LogP contribution in [0.5, 0.6) is 0 Å². The first kappa shape index (κ1) is 12.8. The quantitative estimate of drug-likeness (QED) is 0.785. The van der Waals surface area contributed by atoms with E-state index in [-0.39, 0.29) is 12.6 Å². The summed E-state index contributed by atoms with van der Waals surface area (Å²) in [7, 11) is 0. The van der Waals surface area contributed by atoms with Crippen molar-refractivity contribution < 1.29 is 5.11 Å². The third kappa shape index (κ3) is 2.08. The van der Waals surface area contributed by atoms with Crippen molar-refractivity contribution in [2.24, 2.45) is 0 Å². The number of fused-ring (bicyclic) bond motifs is 1. The van der Waals surface area contributed by atoms with Gasteiger partial charge >= 0.3 is 0 Å². The summed E-state index contributed by atoms with van der Waals surface area (Å²) in [6, 6.07) is 4.11. The van der Waals surface area contributed by atoms with Crippen LogP contribution in [0.2, 0.25) is 0 Å². The lowest BCUT2D eigenvalue weighted by Crippen LogP contribution is -2.11. The third-order valence-corrected chi connectivity index (χ3v) is 3.33. The molecule has 3 heterocycles. The molecule has 0 spiro atoms. The van der Waals surface area contributed by atoms with E-state index in [1.165, 1.54) is 0 Å². The fraction of sp³-hybridized carbons (Fsp3) is 0.357. The molecule has 0 saturated carbocycles. The lowest BCUT2D eigenvalue weighted by atomic mass is 10.2. The summed E-state index contributed by atoms with van der Waals surface area (Å²) in [6.45, 7) is 4.74. The Morgan fingerprint density at radius 1 is 1.30 bits per heavy atom. The Balaban J connectivity index is 2.05. The van der Waals surface area contributed by atoms with Crippen molar-refractivity contribution >= 4 is 11.0 Å². The second-order valence-corrected chi connectivity index (χ2v) is 5.03. The van der Waals surface area contributed by atoms with Crippen LogP contribution >= 0.6 is 0 Å². The van der Waals surface area contributed by atoms with Crippen molar-refractivity contribution in [3.05, 3.63) is 42.2 Å². The summed E-state index contributed by atoms with van der Waals surface area (Å²) in [6.07, 6.45) is 5.26. The van der Waals surface area contributed by atoms with E-state index in [1.807, 2.05) is 27.6 Å². The van der Waals surface area contributed by atoms with Crippen LogP contribution in [0, 0.1) is 0 Å². The van der Waals surface area contributed by atoms with Crippen LogP contribution in [0.3, 0.4) is 0 Å². The Morgan fingerprint density at radius 3 is 2.90 bits per heavy atom. The average molecular weight is 271 g/mol. The van der Waals surface area contributed by atoms with Gasteiger partial charge in [0.05, 0.1) is 13.2 Å². The lowest BCUT2D eigenvalue weighted by Gasteiger charge is -2.10. The minimum Gasteiger partial charge on any atom is -0.392 e. The summed E-state index contributed by atoms with van der Waals surface area (Å²) in [5.41, 5.74) is 1.73. The second-order valence-electron chi connectivity index (χ2n) is 5.03. The molecular weight excluding hydrogens is 254 g/mol. The van der Waals surface area contributed by atoms with Crippen LogP contribution in [-0.4, -0.2) is 29.4 Å². The van der Waals surface area contributed by atoms with E-state index >= 15 is 0 Å². The molecule has 0 unspecified atom stereocenters. The molecule has 0 fully saturated rings. The van der Waals surface area contributed by atoms with E-state index in [0.29, 0.717) is 6.54 Å². The molecule has 0 aromatic carbocycles. The highest BCUT2D eigenvalue weighted by atomic mass is 16.3. The van der Waals surface area contributed by atoms with Crippen molar-refractivity contribution in [2.75, 3.05) is 0 Å². The van der Waals surface area contributed by atoms with Gasteiger partial charge in [0.2, 0.25) is 0 Å². The highest BCUT2D eigenvalue weighted by molar-refractivity contribution is 5.80. The molecule has 6 heteroatoms. The molecule has 3 aromatic rings. The first-order valence-electron chi connectivity index (χ1n) is 6.62. The molecule has 0 atom stereocenters. The summed E-state index contributed by atoms with van der Waals surface area (Å²) < 4.78 is 3.90. The fourth-order valence-electron chi connectivity index (χ4n) is 2.41. The van der Waals surface area contributed by atoms with E-state index in [2.05, 4.69) is 28.9 Å². The molecule has 3 rings (SSSR count). The van der Waals surface area contributed by atoms with Crippen LogP contribution in [0.25, 0.3) is 11.0 Å². The first-order chi connectivity index (χ1) is 9.70. The van der Waals surface area contributed by atoms with Crippen LogP contribution in [0.15, 0.2) is 30.9 Å². The highest BCUT2D eigenvalue weighted by Gasteiger charge is 2.12. The van der Waals surface area contributed by atoms with Gasteiger partial charge in [-0.05, 0) is 26.0 Å². The predicted octanol–water partition coefficient (Wildman–Crippen LogP) is 1.75. The van der Waals surface area contributed by atoms with Gasteiger partial charge < -0.3 is 9.67 Å². The third-order valence-electron chi connectivity index (χ3n) is 3.33. The Labute approximate surface area is 116 Å². The molecule has 1 N–H and O–H groups in total. The molecule has 0 saturated heterocycles. The zero-order valence-electron chi connectivity index (χ0n) is 11.6. The molecule has 0 amide bonds. The van der Waals surface area contributed by atoms with E-state index in [4.69, 9.17) is 0 Å². The number of hydrogen-bond acceptors (Lipinski definition) is 4. The number of nitrogens with zero attached hydrogens (tertiary/aromatic N) is 5. The predicted molar refractivity (Wildman–Crippen MR) is 75.2 cm³/mol. The van der Waals surface area contributed by atoms with Crippen molar-refractivity contribution in [2.45, 2.75) is 33.0 Å². The topological polar surface area (TPSA) is 68.8 Å². The number of aliphatic hydroxyl groups is 1. The average Bonchev–Trinajstić information content (AvgIpc) is 3.04. The fourth-order valence-corrected chi connectivity index (χ4v) is 2.41. The Kier molecular flexibility index (Phi) is 3.23. The monoisotopic (exact) mass is 271 g/mol. The zero-order valence-corrected chi connectivity index (χ0v) is 11.6. The summed E-state index contributed by atoms with van der Waals surface area (Å²) in [5, 5.41) is 14.7. The molecule has 3 aromatic heterocycles. The van der Waals surface area contributed by atoms with Crippen LogP contribution < -0.4 is 0 Å². The van der Waals surface area contributed by atoms with Gasteiger partial charge in [0.15, 0.2) is 0 Å². The Bertz CT molecular complexity index is 728. The Hall–Kier alpha value is -2.21. The Morgan fingerprint density at radius 2 is 2.15 bits per heavy atom. The van der Waals surface area contributed by atoms with Crippen molar-refractivity contribution in [3.63, 3.8) is 0 Å². The number of hydrogen-bond donors (Lipinski definition) is 1. The molecule has 0 radical (unpaired) electrons. The molecule has 104 valence electrons. The standard InChI is InChI=1S/C14H17N5O/c1-10(2)19-13(16-9-17-19)7-18-6-11(8-20)12-4-3-5-15-14(12)18/h3-6,9-10,20H,7-8H2,1-2H3. The van der Waals surface area contributed by atoms with Crippen molar-refractivity contribution in [1.82, 2.24) is 24.3 Å². The molecule has 0 aliphatic heterocycles. The number of pyridine rings is 1. The molecule has 20 heavy (non-hydrogen) atoms. The maximum absolute atomic E-state index is 9.44. The van der Waals surface area contributed by atoms with Crippen LogP contribution in [-0.2, 0) is 13.2 Å². The number of aromatic nitrogens is 5. The van der Waals surface area contributed by atoms with Gasteiger partial charge in [0.25, 0.3) is 0 Å². The summed E-state index contributed by atoms with van der Waals surface area (Å²) in [4.78, 5) is 8.71. The maximum Gasteiger partial charge on any atom is 0.147 e. The molecule has 6 nitrogen and oxygen atoms in total. The largest absolute Gasteiger partial charge is 0.392 e. The lowest BCUT2D eigenvalue weighted by molar-refractivity contribution is 0.283. The maximum atomic E-state index is 9.44. The first-order valence-corrected chi connectivity index (χ1v) is 6.62. The zero-order chi connectivity index (χ0) is 14.1. The van der Waals surface area contributed by atoms with Gasteiger partial charge in [0.1, 0.15) is 17.8 Å². The van der Waals surface area contributed by atoms with Gasteiger partial charge in [-0.1, -0.05) is 0 Å². The van der Waals surface area contributed by atoms with E-state index in [0.717, 1.165) is 22.4 Å². The van der Waals surface area contributed by atoms with E-state index in [9.17, 15) is 5.11 Å². The van der Waals surface area contributed by atoms with Gasteiger partial charge in [0, 0.05) is 29.4 Å². The molecule has 0 bridgehead atoms. The summed E-state index contributed by atoms with van der Waals surface area (Å²) >= 11 is 0. The van der Waals surface area contributed by atoms with E-state index < -0.39 is 0 Å². The minimum absolute atomic E-state index is 0.00602. The molecule has 0 aliphatic rings. The number of rotatable bonds is 4. The normalized spacial score (nSPS) is 11.6. The van der Waals surface area contributed by atoms with Gasteiger partial charge in [-0.25, -0.2) is 14.6 Å². The molecule has 0 aliphatic carbocycles. The van der Waals surface area contributed by atoms with Gasteiger partial charge in [-0.3, -0.25) is 0 Å².